The van der Waals surface area contributed by atoms with Crippen molar-refractivity contribution < 1.29 is 5.11 Å². The van der Waals surface area contributed by atoms with E-state index >= 15 is 0 Å². The topological polar surface area (TPSA) is 58.0 Å². The molecule has 0 saturated heterocycles. The highest BCUT2D eigenvalue weighted by Crippen LogP contribution is 2.25. The summed E-state index contributed by atoms with van der Waals surface area (Å²) in [6, 6.07) is 2.03. The number of aromatic nitrogens is 2. The van der Waals surface area contributed by atoms with Gasteiger partial charge in [0.25, 0.3) is 0 Å². The van der Waals surface area contributed by atoms with E-state index in [1.165, 1.54) is 0 Å². The lowest BCUT2D eigenvalue weighted by atomic mass is 9.85. The third kappa shape index (κ3) is 4.60. The van der Waals surface area contributed by atoms with Crippen LogP contribution in [0.15, 0.2) is 10.7 Å². The normalized spacial score (nSPS) is 13.5. The van der Waals surface area contributed by atoms with E-state index in [-0.39, 0.29) is 18.1 Å². The fourth-order valence-corrected chi connectivity index (χ4v) is 2.11. The average Bonchev–Trinajstić information content (AvgIpc) is 2.13. The van der Waals surface area contributed by atoms with Crippen molar-refractivity contribution >= 4 is 21.7 Å². The van der Waals surface area contributed by atoms with Gasteiger partial charge in [-0.3, -0.25) is 0 Å². The van der Waals surface area contributed by atoms with Gasteiger partial charge in [0.2, 0.25) is 0 Å². The maximum absolute atomic E-state index is 9.11. The Labute approximate surface area is 111 Å². The quantitative estimate of drug-likeness (QED) is 0.840. The molecule has 0 aliphatic rings. The van der Waals surface area contributed by atoms with Gasteiger partial charge in [0.1, 0.15) is 16.2 Å². The van der Waals surface area contributed by atoms with E-state index in [4.69, 9.17) is 5.11 Å². The molecule has 1 atom stereocenters. The lowest BCUT2D eigenvalue weighted by Crippen LogP contribution is -2.35. The fourth-order valence-electron chi connectivity index (χ4n) is 1.63. The Morgan fingerprint density at radius 2 is 2.06 bits per heavy atom. The maximum atomic E-state index is 9.11. The highest BCUT2D eigenvalue weighted by Gasteiger charge is 2.24. The van der Waals surface area contributed by atoms with Gasteiger partial charge in [0.05, 0.1) is 0 Å². The summed E-state index contributed by atoms with van der Waals surface area (Å²) in [5.74, 6) is 1.51. The van der Waals surface area contributed by atoms with Gasteiger partial charge in [-0.2, -0.15) is 0 Å². The Kier molecular flexibility index (Phi) is 4.89. The molecule has 0 amide bonds. The number of nitrogens with one attached hydrogen (secondary N) is 1. The van der Waals surface area contributed by atoms with Crippen LogP contribution in [0.2, 0.25) is 0 Å². The second kappa shape index (κ2) is 5.78. The molecule has 1 unspecified atom stereocenters. The second-order valence-electron chi connectivity index (χ2n) is 5.20. The number of aryl methyl sites for hydroxylation is 1. The highest BCUT2D eigenvalue weighted by molar-refractivity contribution is 9.10. The third-order valence-electron chi connectivity index (χ3n) is 2.59. The van der Waals surface area contributed by atoms with E-state index in [1.54, 1.807) is 0 Å². The molecule has 96 valence electrons. The summed E-state index contributed by atoms with van der Waals surface area (Å²) in [5.41, 5.74) is 0.0636. The zero-order valence-electron chi connectivity index (χ0n) is 10.8. The summed E-state index contributed by atoms with van der Waals surface area (Å²) < 4.78 is 0.768. The first kappa shape index (κ1) is 14.4. The Hall–Kier alpha value is -0.680. The van der Waals surface area contributed by atoms with Crippen molar-refractivity contribution in [2.75, 3.05) is 11.9 Å². The van der Waals surface area contributed by atoms with E-state index in [1.807, 2.05) is 13.0 Å². The van der Waals surface area contributed by atoms with Crippen LogP contribution in [-0.4, -0.2) is 27.7 Å². The predicted molar refractivity (Wildman–Crippen MR) is 73.0 cm³/mol. The first-order valence-corrected chi connectivity index (χ1v) is 6.51. The highest BCUT2D eigenvalue weighted by atomic mass is 79.9. The molecule has 0 aliphatic heterocycles. The number of anilines is 1. The van der Waals surface area contributed by atoms with E-state index in [9.17, 15) is 0 Å². The zero-order valence-corrected chi connectivity index (χ0v) is 12.4. The standard InChI is InChI=1S/C12H20BrN3O/c1-8-14-10(13)7-11(15-8)16-9(5-6-17)12(2,3)4/h7,9,17H,5-6H2,1-4H3,(H,14,15,16). The van der Waals surface area contributed by atoms with E-state index in [2.05, 4.69) is 52.0 Å². The summed E-state index contributed by atoms with van der Waals surface area (Å²) >= 11 is 3.35. The van der Waals surface area contributed by atoms with Crippen LogP contribution in [0.3, 0.4) is 0 Å². The van der Waals surface area contributed by atoms with Crippen molar-refractivity contribution in [1.82, 2.24) is 9.97 Å². The molecule has 1 aromatic rings. The first-order valence-electron chi connectivity index (χ1n) is 5.71. The summed E-state index contributed by atoms with van der Waals surface area (Å²) in [4.78, 5) is 8.50. The van der Waals surface area contributed by atoms with Gasteiger partial charge in [-0.15, -0.1) is 0 Å². The number of hydrogen-bond donors (Lipinski definition) is 2. The number of aliphatic hydroxyl groups excluding tert-OH is 1. The minimum absolute atomic E-state index is 0.0636. The van der Waals surface area contributed by atoms with Gasteiger partial charge < -0.3 is 10.4 Å². The lowest BCUT2D eigenvalue weighted by molar-refractivity contribution is 0.235. The summed E-state index contributed by atoms with van der Waals surface area (Å²) in [6.45, 7) is 8.45. The van der Waals surface area contributed by atoms with Gasteiger partial charge in [-0.1, -0.05) is 20.8 Å². The monoisotopic (exact) mass is 301 g/mol. The molecule has 0 aliphatic carbocycles. The molecule has 1 rings (SSSR count). The smallest absolute Gasteiger partial charge is 0.131 e. The second-order valence-corrected chi connectivity index (χ2v) is 6.01. The average molecular weight is 302 g/mol. The molecule has 0 radical (unpaired) electrons. The van der Waals surface area contributed by atoms with Crippen LogP contribution >= 0.6 is 15.9 Å². The zero-order chi connectivity index (χ0) is 13.1. The molecular weight excluding hydrogens is 282 g/mol. The molecule has 0 fully saturated rings. The fraction of sp³-hybridized carbons (Fsp3) is 0.667. The molecule has 1 aromatic heterocycles. The summed E-state index contributed by atoms with van der Waals surface area (Å²) in [6.07, 6.45) is 0.699. The molecule has 2 N–H and O–H groups in total. The number of nitrogens with zero attached hydrogens (tertiary/aromatic N) is 2. The van der Waals surface area contributed by atoms with Crippen LogP contribution in [0, 0.1) is 12.3 Å². The molecule has 0 saturated carbocycles. The minimum atomic E-state index is 0.0636. The third-order valence-corrected chi connectivity index (χ3v) is 3.00. The van der Waals surface area contributed by atoms with E-state index in [0.717, 1.165) is 16.2 Å². The van der Waals surface area contributed by atoms with E-state index in [0.29, 0.717) is 6.42 Å². The maximum Gasteiger partial charge on any atom is 0.131 e. The minimum Gasteiger partial charge on any atom is -0.396 e. The van der Waals surface area contributed by atoms with Crippen LogP contribution in [0.5, 0.6) is 0 Å². The van der Waals surface area contributed by atoms with Gasteiger partial charge in [-0.05, 0) is 34.7 Å². The Bertz CT molecular complexity index is 356. The van der Waals surface area contributed by atoms with Crippen molar-refractivity contribution in [3.05, 3.63) is 16.5 Å². The van der Waals surface area contributed by atoms with Crippen molar-refractivity contribution in [3.8, 4) is 0 Å². The molecule has 1 heterocycles. The molecule has 17 heavy (non-hydrogen) atoms. The van der Waals surface area contributed by atoms with Crippen LogP contribution in [0.4, 0.5) is 5.82 Å². The summed E-state index contributed by atoms with van der Waals surface area (Å²) in [7, 11) is 0. The molecule has 0 bridgehead atoms. The van der Waals surface area contributed by atoms with Crippen molar-refractivity contribution in [2.24, 2.45) is 5.41 Å². The number of rotatable bonds is 4. The Morgan fingerprint density at radius 1 is 1.41 bits per heavy atom. The number of aliphatic hydroxyl groups is 1. The Balaban J connectivity index is 2.86. The molecule has 5 heteroatoms. The van der Waals surface area contributed by atoms with Crippen molar-refractivity contribution in [3.63, 3.8) is 0 Å². The first-order chi connectivity index (χ1) is 7.82. The van der Waals surface area contributed by atoms with Crippen molar-refractivity contribution in [2.45, 2.75) is 40.2 Å². The molecule has 4 nitrogen and oxygen atoms in total. The van der Waals surface area contributed by atoms with Gasteiger partial charge in [0.15, 0.2) is 0 Å². The summed E-state index contributed by atoms with van der Waals surface area (Å²) in [5, 5.41) is 12.5. The van der Waals surface area contributed by atoms with E-state index < -0.39 is 0 Å². The van der Waals surface area contributed by atoms with Crippen molar-refractivity contribution in [1.29, 1.82) is 0 Å². The SMILES string of the molecule is Cc1nc(Br)cc(NC(CCO)C(C)(C)C)n1. The van der Waals surface area contributed by atoms with Crippen LogP contribution in [0.1, 0.15) is 33.0 Å². The molecule has 0 aromatic carbocycles. The largest absolute Gasteiger partial charge is 0.396 e. The molecule has 0 spiro atoms. The molecular formula is C12H20BrN3O. The number of halogens is 1. The number of hydrogen-bond acceptors (Lipinski definition) is 4. The Morgan fingerprint density at radius 3 is 2.53 bits per heavy atom. The van der Waals surface area contributed by atoms with Crippen LogP contribution in [0.25, 0.3) is 0 Å². The van der Waals surface area contributed by atoms with Gasteiger partial charge in [0, 0.05) is 18.7 Å². The van der Waals surface area contributed by atoms with Crippen LogP contribution in [-0.2, 0) is 0 Å². The lowest BCUT2D eigenvalue weighted by Gasteiger charge is -2.31. The van der Waals surface area contributed by atoms with Crippen LogP contribution < -0.4 is 5.32 Å². The van der Waals surface area contributed by atoms with Gasteiger partial charge in [-0.25, -0.2) is 9.97 Å². The predicted octanol–water partition coefficient (Wildman–Crippen LogP) is 2.76. The van der Waals surface area contributed by atoms with Gasteiger partial charge >= 0.3 is 0 Å².